The Kier molecular flexibility index (Phi) is 12.7. The van der Waals surface area contributed by atoms with Crippen molar-refractivity contribution in [1.29, 1.82) is 0 Å². The van der Waals surface area contributed by atoms with Gasteiger partial charge in [0.25, 0.3) is 0 Å². The Morgan fingerprint density at radius 1 is 0.833 bits per heavy atom. The molecule has 3 unspecified atom stereocenters. The lowest BCUT2D eigenvalue weighted by Crippen LogP contribution is -2.58. The summed E-state index contributed by atoms with van der Waals surface area (Å²) in [5.74, 6) is -2.00. The van der Waals surface area contributed by atoms with Crippen LogP contribution in [0.5, 0.6) is 0 Å². The highest BCUT2D eigenvalue weighted by Gasteiger charge is 2.55. The van der Waals surface area contributed by atoms with Crippen LogP contribution < -0.4 is 10.6 Å². The van der Waals surface area contributed by atoms with E-state index in [1.54, 1.807) is 22.2 Å². The zero-order chi connectivity index (χ0) is 42.8. The molecule has 3 amide bonds. The fourth-order valence-electron chi connectivity index (χ4n) is 9.16. The van der Waals surface area contributed by atoms with Crippen LogP contribution in [0.4, 0.5) is 13.6 Å². The van der Waals surface area contributed by atoms with Gasteiger partial charge in [-0.05, 0) is 73.1 Å². The highest BCUT2D eigenvalue weighted by Crippen LogP contribution is 2.52. The third-order valence-corrected chi connectivity index (χ3v) is 12.6. The number of carbonyl (C=O) groups excluding carboxylic acids is 3. The smallest absolute Gasteiger partial charge is 0.407 e. The number of H-pyrrole nitrogens is 2. The number of alkyl halides is 2. The van der Waals surface area contributed by atoms with Crippen LogP contribution in [0.2, 0.25) is 0 Å². The van der Waals surface area contributed by atoms with Gasteiger partial charge < -0.3 is 39.7 Å². The first kappa shape index (κ1) is 42.9. The number of aliphatic hydroxyl groups excluding tert-OH is 1. The lowest BCUT2D eigenvalue weighted by Gasteiger charge is -2.46. The minimum Gasteiger partial charge on any atom is -0.453 e. The van der Waals surface area contributed by atoms with E-state index >= 15 is 0 Å². The van der Waals surface area contributed by atoms with Crippen LogP contribution in [-0.2, 0) is 19.1 Å². The van der Waals surface area contributed by atoms with Gasteiger partial charge in [0.1, 0.15) is 17.7 Å². The van der Waals surface area contributed by atoms with Crippen molar-refractivity contribution < 1.29 is 37.7 Å². The van der Waals surface area contributed by atoms with Gasteiger partial charge in [0.15, 0.2) is 0 Å². The van der Waals surface area contributed by atoms with Crippen molar-refractivity contribution in [3.05, 3.63) is 72.6 Å². The van der Waals surface area contributed by atoms with Crippen LogP contribution in [0.3, 0.4) is 0 Å². The van der Waals surface area contributed by atoms with E-state index in [1.807, 2.05) is 69.3 Å². The number of aromatic amines is 2. The molecule has 1 aliphatic carbocycles. The molecule has 7 rings (SSSR count). The molecule has 4 heterocycles. The van der Waals surface area contributed by atoms with Gasteiger partial charge in [0, 0.05) is 32.0 Å². The Morgan fingerprint density at radius 2 is 1.38 bits per heavy atom. The van der Waals surface area contributed by atoms with Gasteiger partial charge in [-0.2, -0.15) is 0 Å². The van der Waals surface area contributed by atoms with Crippen LogP contribution in [-0.4, -0.2) is 103 Å². The summed E-state index contributed by atoms with van der Waals surface area (Å²) < 4.78 is 38.5. The van der Waals surface area contributed by atoms with Gasteiger partial charge in [-0.15, -0.1) is 0 Å². The molecule has 16 heteroatoms. The summed E-state index contributed by atoms with van der Waals surface area (Å²) in [7, 11) is 2.61. The molecule has 2 saturated heterocycles. The standard InChI is InChI=1S/C44H56F2N8O6/c1-6-31(51-41(57)59-4)39(55)54-35(17-18-43(54)19-21-44(45,46)22-20-43)38-48-25-33(50-38)30-15-11-28(12-16-30)27-9-13-29(14-10-27)32-24-47-37(49-32)34-8-7-23-53(34)40(56)36(26(2)3)52-42(58)60-5/h9-16,24-26,31,34-36,41,51,57H,6-8,17-23H2,1-5H3,(H,47,49)(H,48,50)(H,52,58)/t31?,34-,35?,36-,41?/m0/s1. The van der Waals surface area contributed by atoms with Gasteiger partial charge >= 0.3 is 6.09 Å². The zero-order valence-corrected chi connectivity index (χ0v) is 34.8. The van der Waals surface area contributed by atoms with Crippen molar-refractivity contribution in [2.45, 2.75) is 121 Å². The predicted octanol–water partition coefficient (Wildman–Crippen LogP) is 7.08. The number of methoxy groups -OCH3 is 2. The maximum atomic E-state index is 14.4. The number of rotatable bonds is 13. The first-order valence-electron chi connectivity index (χ1n) is 20.9. The summed E-state index contributed by atoms with van der Waals surface area (Å²) in [6, 6.07) is 14.1. The van der Waals surface area contributed by atoms with Crippen molar-refractivity contribution in [3.63, 3.8) is 0 Å². The molecule has 5 N–H and O–H groups in total. The molecule has 2 aromatic heterocycles. The van der Waals surface area contributed by atoms with E-state index in [1.165, 1.54) is 14.2 Å². The molecule has 60 heavy (non-hydrogen) atoms. The minimum absolute atomic E-state index is 0.122. The summed E-state index contributed by atoms with van der Waals surface area (Å²) in [6.45, 7) is 6.18. The summed E-state index contributed by atoms with van der Waals surface area (Å²) >= 11 is 0. The topological polar surface area (TPSA) is 178 Å². The molecule has 2 aliphatic heterocycles. The van der Waals surface area contributed by atoms with E-state index in [4.69, 9.17) is 14.5 Å². The van der Waals surface area contributed by atoms with Gasteiger partial charge in [-0.25, -0.2) is 23.5 Å². The molecule has 3 aliphatic rings. The highest BCUT2D eigenvalue weighted by molar-refractivity contribution is 5.86. The van der Waals surface area contributed by atoms with Crippen molar-refractivity contribution in [1.82, 2.24) is 40.4 Å². The number of nitrogens with zero attached hydrogens (tertiary/aromatic N) is 4. The van der Waals surface area contributed by atoms with Crippen LogP contribution >= 0.6 is 0 Å². The number of likely N-dealkylation sites (tertiary alicyclic amines) is 2. The molecule has 322 valence electrons. The molecule has 1 saturated carbocycles. The van der Waals surface area contributed by atoms with Gasteiger partial charge in [0.2, 0.25) is 24.2 Å². The summed E-state index contributed by atoms with van der Waals surface area (Å²) in [4.78, 5) is 59.5. The number of hydrogen-bond donors (Lipinski definition) is 5. The largest absolute Gasteiger partial charge is 0.453 e. The van der Waals surface area contributed by atoms with Crippen LogP contribution in [0.25, 0.3) is 33.6 Å². The number of benzene rings is 2. The number of imidazole rings is 2. The second kappa shape index (κ2) is 17.8. The number of nitrogens with one attached hydrogen (secondary N) is 4. The maximum absolute atomic E-state index is 14.4. The summed E-state index contributed by atoms with van der Waals surface area (Å²) in [6.07, 6.45) is 4.51. The second-order valence-electron chi connectivity index (χ2n) is 16.6. The number of alkyl carbamates (subject to hydrolysis) is 1. The Balaban J connectivity index is 1.04. The van der Waals surface area contributed by atoms with Gasteiger partial charge in [0.05, 0.1) is 49.0 Å². The summed E-state index contributed by atoms with van der Waals surface area (Å²) in [5.41, 5.74) is 4.75. The predicted molar refractivity (Wildman–Crippen MR) is 220 cm³/mol. The molecule has 4 aromatic rings. The number of carbonyl (C=O) groups is 3. The zero-order valence-electron chi connectivity index (χ0n) is 34.8. The van der Waals surface area contributed by atoms with E-state index in [2.05, 4.69) is 25.6 Å². The lowest BCUT2D eigenvalue weighted by atomic mass is 9.78. The first-order chi connectivity index (χ1) is 28.8. The molecule has 3 fully saturated rings. The number of aromatic nitrogens is 4. The maximum Gasteiger partial charge on any atom is 0.407 e. The number of hydrogen-bond acceptors (Lipinski definition) is 9. The second-order valence-corrected chi connectivity index (χ2v) is 16.6. The van der Waals surface area contributed by atoms with E-state index in [0.29, 0.717) is 37.5 Å². The van der Waals surface area contributed by atoms with Crippen molar-refractivity contribution in [3.8, 4) is 33.6 Å². The number of amides is 3. The molecule has 1 spiro atoms. The Morgan fingerprint density at radius 3 is 1.90 bits per heavy atom. The Bertz CT molecular complexity index is 2110. The molecule has 5 atom stereocenters. The van der Waals surface area contributed by atoms with Crippen LogP contribution in [0.15, 0.2) is 60.9 Å². The molecule has 14 nitrogen and oxygen atoms in total. The molecule has 2 aromatic carbocycles. The van der Waals surface area contributed by atoms with Crippen molar-refractivity contribution in [2.75, 3.05) is 20.8 Å². The van der Waals surface area contributed by atoms with E-state index in [9.17, 15) is 28.3 Å². The average Bonchev–Trinajstić information content (AvgIpc) is 4.09. The number of aliphatic hydroxyl groups is 1. The lowest BCUT2D eigenvalue weighted by molar-refractivity contribution is -0.153. The normalized spacial score (nSPS) is 21.3. The Hall–Kier alpha value is -5.19. The van der Waals surface area contributed by atoms with Crippen LogP contribution in [0.1, 0.15) is 102 Å². The number of ether oxygens (including phenoxy) is 2. The van der Waals surface area contributed by atoms with E-state index in [0.717, 1.165) is 46.5 Å². The molecular weight excluding hydrogens is 775 g/mol. The minimum atomic E-state index is -2.75. The number of halogens is 2. The van der Waals surface area contributed by atoms with E-state index in [-0.39, 0.29) is 49.5 Å². The molecular formula is C44H56F2N8O6. The average molecular weight is 831 g/mol. The molecule has 0 radical (unpaired) electrons. The highest BCUT2D eigenvalue weighted by atomic mass is 19.3. The third kappa shape index (κ3) is 8.82. The fourth-order valence-corrected chi connectivity index (χ4v) is 9.16. The SMILES string of the molecule is CCC(NC(O)OC)C(=O)N1C(c2ncc(-c3ccc(-c4ccc(-c5cnc([C@@H]6CCCN6C(=O)[C@@H](NC(=O)OC)C(C)C)[nH]5)cc4)cc3)[nH]2)CCC12CCC(F)(F)CC2. The van der Waals surface area contributed by atoms with E-state index < -0.39 is 42.1 Å². The first-order valence-corrected chi connectivity index (χ1v) is 20.9. The third-order valence-electron chi connectivity index (χ3n) is 12.6. The Labute approximate surface area is 348 Å². The van der Waals surface area contributed by atoms with Crippen LogP contribution in [0, 0.1) is 5.92 Å². The van der Waals surface area contributed by atoms with Crippen molar-refractivity contribution >= 4 is 17.9 Å². The monoisotopic (exact) mass is 830 g/mol. The fraction of sp³-hybridized carbons (Fsp3) is 0.523. The molecule has 0 bridgehead atoms. The van der Waals surface area contributed by atoms with Gasteiger partial charge in [-0.3, -0.25) is 14.9 Å². The quantitative estimate of drug-likeness (QED) is 0.0882. The van der Waals surface area contributed by atoms with Gasteiger partial charge in [-0.1, -0.05) is 69.3 Å². The summed E-state index contributed by atoms with van der Waals surface area (Å²) in [5, 5.41) is 15.7. The van der Waals surface area contributed by atoms with Crippen molar-refractivity contribution in [2.24, 2.45) is 5.92 Å².